The first kappa shape index (κ1) is 17.0. The molecule has 6 N–H and O–H groups in total. The summed E-state index contributed by atoms with van der Waals surface area (Å²) in [6.07, 6.45) is -11.0. The van der Waals surface area contributed by atoms with E-state index in [4.69, 9.17) is 19.3 Å². The van der Waals surface area contributed by atoms with Crippen molar-refractivity contribution >= 4 is 0 Å². The van der Waals surface area contributed by atoms with Crippen LogP contribution in [0.1, 0.15) is 0 Å². The lowest BCUT2D eigenvalue weighted by Gasteiger charge is -2.43. The molecule has 0 aromatic heterocycles. The van der Waals surface area contributed by atoms with Crippen LogP contribution in [0.5, 0.6) is 0 Å². The molecule has 10 nitrogen and oxygen atoms in total. The van der Waals surface area contributed by atoms with Crippen molar-refractivity contribution in [2.75, 3.05) is 19.8 Å². The Kier molecular flexibility index (Phi) is 5.15. The van der Waals surface area contributed by atoms with Crippen molar-refractivity contribution in [2.45, 2.75) is 48.7 Å². The van der Waals surface area contributed by atoms with Crippen molar-refractivity contribution in [3.63, 3.8) is 0 Å². The standard InChI is InChI=1S/C11H19O10/c12-2-11(18)3-20-10(8(11)16)19-1-4-5(13)6(14)7(15)9(17)21-4/h4-10,12-16,18H,1-3H2/q-1/t4-,5-,6+,7-,8+,9-,10-,11-/m1/s1. The highest BCUT2D eigenvalue weighted by molar-refractivity contribution is 4.94. The van der Waals surface area contributed by atoms with Gasteiger partial charge < -0.3 is 50.0 Å². The van der Waals surface area contributed by atoms with Crippen LogP contribution < -0.4 is 5.11 Å². The Morgan fingerprint density at radius 3 is 2.38 bits per heavy atom. The molecule has 0 amide bonds. The Morgan fingerprint density at radius 1 is 1.14 bits per heavy atom. The fourth-order valence-corrected chi connectivity index (χ4v) is 2.18. The second-order valence-electron chi connectivity index (χ2n) is 5.23. The van der Waals surface area contributed by atoms with Gasteiger partial charge in [0.05, 0.1) is 25.9 Å². The molecule has 2 heterocycles. The Labute approximate surface area is 119 Å². The van der Waals surface area contributed by atoms with E-state index in [9.17, 15) is 30.6 Å². The van der Waals surface area contributed by atoms with Gasteiger partial charge in [0.25, 0.3) is 0 Å². The van der Waals surface area contributed by atoms with Gasteiger partial charge in [-0.2, -0.15) is 0 Å². The van der Waals surface area contributed by atoms with E-state index in [1.807, 2.05) is 0 Å². The molecule has 10 heteroatoms. The maximum atomic E-state index is 11.3. The molecule has 124 valence electrons. The Balaban J connectivity index is 1.89. The second-order valence-corrected chi connectivity index (χ2v) is 5.23. The van der Waals surface area contributed by atoms with Gasteiger partial charge in [-0.25, -0.2) is 0 Å². The average molecular weight is 311 g/mol. The van der Waals surface area contributed by atoms with E-state index in [1.165, 1.54) is 0 Å². The number of hydrogen-bond acceptors (Lipinski definition) is 10. The molecule has 2 aliphatic rings. The first-order valence-electron chi connectivity index (χ1n) is 6.40. The van der Waals surface area contributed by atoms with E-state index in [2.05, 4.69) is 0 Å². The maximum Gasteiger partial charge on any atom is 0.186 e. The topological polar surface area (TPSA) is 172 Å². The van der Waals surface area contributed by atoms with Crippen molar-refractivity contribution in [2.24, 2.45) is 0 Å². The van der Waals surface area contributed by atoms with Crippen molar-refractivity contribution < 1.29 is 50.0 Å². The van der Waals surface area contributed by atoms with Gasteiger partial charge in [0.1, 0.15) is 30.0 Å². The van der Waals surface area contributed by atoms with Gasteiger partial charge in [-0.1, -0.05) is 0 Å². The van der Waals surface area contributed by atoms with Gasteiger partial charge in [-0.15, -0.1) is 0 Å². The van der Waals surface area contributed by atoms with Gasteiger partial charge in [-0.3, -0.25) is 0 Å². The first-order chi connectivity index (χ1) is 9.80. The zero-order valence-electron chi connectivity index (χ0n) is 11.0. The van der Waals surface area contributed by atoms with Crippen molar-refractivity contribution in [1.82, 2.24) is 0 Å². The third-order valence-corrected chi connectivity index (χ3v) is 3.67. The fourth-order valence-electron chi connectivity index (χ4n) is 2.18. The zero-order valence-corrected chi connectivity index (χ0v) is 11.0. The van der Waals surface area contributed by atoms with Gasteiger partial charge in [-0.05, 0) is 0 Å². The van der Waals surface area contributed by atoms with Crippen molar-refractivity contribution in [3.8, 4) is 0 Å². The van der Waals surface area contributed by atoms with E-state index in [-0.39, 0.29) is 6.61 Å². The predicted octanol–water partition coefficient (Wildman–Crippen LogP) is -5.39. The minimum absolute atomic E-state index is 0.352. The van der Waals surface area contributed by atoms with Crippen molar-refractivity contribution in [3.05, 3.63) is 0 Å². The number of aliphatic hydroxyl groups is 6. The lowest BCUT2D eigenvalue weighted by molar-refractivity contribution is -0.533. The molecule has 2 fully saturated rings. The SMILES string of the molecule is [O-][C@@H]1O[C@H](CO[C@@H]2OC[C@](O)(CO)[C@H]2O)[C@@H](O)[C@H](O)[C@H]1O. The van der Waals surface area contributed by atoms with Gasteiger partial charge >= 0.3 is 0 Å². The molecule has 2 rings (SSSR count). The average Bonchev–Trinajstić information content (AvgIpc) is 2.76. The number of aliphatic hydroxyl groups excluding tert-OH is 5. The quantitative estimate of drug-likeness (QED) is 0.294. The summed E-state index contributed by atoms with van der Waals surface area (Å²) in [6, 6.07) is 0. The molecule has 21 heavy (non-hydrogen) atoms. The van der Waals surface area contributed by atoms with E-state index in [0.29, 0.717) is 0 Å². The van der Waals surface area contributed by atoms with E-state index < -0.39 is 61.9 Å². The van der Waals surface area contributed by atoms with Crippen LogP contribution in [0.4, 0.5) is 0 Å². The monoisotopic (exact) mass is 311 g/mol. The number of rotatable bonds is 4. The van der Waals surface area contributed by atoms with Crippen LogP contribution in [-0.4, -0.2) is 99.2 Å². The van der Waals surface area contributed by atoms with Crippen LogP contribution in [0.15, 0.2) is 0 Å². The molecule has 0 aromatic rings. The Hall–Kier alpha value is -0.400. The third kappa shape index (κ3) is 3.19. The summed E-state index contributed by atoms with van der Waals surface area (Å²) in [5.74, 6) is 0. The third-order valence-electron chi connectivity index (χ3n) is 3.67. The van der Waals surface area contributed by atoms with Crippen LogP contribution in [0.3, 0.4) is 0 Å². The minimum atomic E-state index is -1.94. The van der Waals surface area contributed by atoms with Gasteiger partial charge in [0.2, 0.25) is 0 Å². The van der Waals surface area contributed by atoms with Crippen LogP contribution >= 0.6 is 0 Å². The molecule has 0 bridgehead atoms. The van der Waals surface area contributed by atoms with E-state index in [1.54, 1.807) is 0 Å². The summed E-state index contributed by atoms with van der Waals surface area (Å²) >= 11 is 0. The molecular weight excluding hydrogens is 292 g/mol. The normalized spacial score (nSPS) is 51.3. The predicted molar refractivity (Wildman–Crippen MR) is 60.4 cm³/mol. The zero-order chi connectivity index (χ0) is 15.8. The largest absolute Gasteiger partial charge is 0.829 e. The van der Waals surface area contributed by atoms with Crippen LogP contribution in [0.25, 0.3) is 0 Å². The fraction of sp³-hybridized carbons (Fsp3) is 1.00. The molecule has 0 radical (unpaired) electrons. The van der Waals surface area contributed by atoms with Gasteiger partial charge in [0, 0.05) is 6.29 Å². The first-order valence-corrected chi connectivity index (χ1v) is 6.40. The Bertz CT molecular complexity index is 354. The lowest BCUT2D eigenvalue weighted by Crippen LogP contribution is -2.62. The minimum Gasteiger partial charge on any atom is -0.829 e. The summed E-state index contributed by atoms with van der Waals surface area (Å²) in [5, 5.41) is 68.1. The van der Waals surface area contributed by atoms with E-state index >= 15 is 0 Å². The number of hydrogen-bond donors (Lipinski definition) is 6. The molecule has 8 atom stereocenters. The molecular formula is C11H19O10-. The summed E-state index contributed by atoms with van der Waals surface area (Å²) in [6.45, 7) is -1.51. The molecule has 0 unspecified atom stereocenters. The highest BCUT2D eigenvalue weighted by Crippen LogP contribution is 2.26. The smallest absolute Gasteiger partial charge is 0.186 e. The van der Waals surface area contributed by atoms with Crippen molar-refractivity contribution in [1.29, 1.82) is 0 Å². The highest BCUT2D eigenvalue weighted by Gasteiger charge is 2.49. The summed E-state index contributed by atoms with van der Waals surface area (Å²) in [7, 11) is 0. The summed E-state index contributed by atoms with van der Waals surface area (Å²) in [5.41, 5.74) is -1.85. The number of ether oxygens (including phenoxy) is 3. The maximum absolute atomic E-state index is 11.3. The summed E-state index contributed by atoms with van der Waals surface area (Å²) < 4.78 is 14.8. The highest BCUT2D eigenvalue weighted by atomic mass is 16.7. The Morgan fingerprint density at radius 2 is 1.81 bits per heavy atom. The lowest BCUT2D eigenvalue weighted by atomic mass is 9.99. The molecule has 0 aliphatic carbocycles. The molecule has 0 saturated carbocycles. The molecule has 0 spiro atoms. The van der Waals surface area contributed by atoms with E-state index in [0.717, 1.165) is 0 Å². The van der Waals surface area contributed by atoms with Gasteiger partial charge in [0.15, 0.2) is 6.29 Å². The molecule has 2 aliphatic heterocycles. The van der Waals surface area contributed by atoms with Crippen LogP contribution in [0, 0.1) is 0 Å². The van der Waals surface area contributed by atoms with Crippen LogP contribution in [0.2, 0.25) is 0 Å². The van der Waals surface area contributed by atoms with Crippen LogP contribution in [-0.2, 0) is 14.2 Å². The molecule has 0 aromatic carbocycles. The second kappa shape index (κ2) is 6.38. The summed E-state index contributed by atoms with van der Waals surface area (Å²) in [4.78, 5) is 0. The molecule has 2 saturated heterocycles.